The van der Waals surface area contributed by atoms with Crippen LogP contribution in [-0.4, -0.2) is 38.6 Å². The van der Waals surface area contributed by atoms with E-state index in [9.17, 15) is 4.79 Å². The van der Waals surface area contributed by atoms with Crippen LogP contribution in [0.2, 0.25) is 0 Å². The lowest BCUT2D eigenvalue weighted by atomic mass is 10.2. The van der Waals surface area contributed by atoms with Gasteiger partial charge >= 0.3 is 0 Å². The molecule has 7 heteroatoms. The van der Waals surface area contributed by atoms with Gasteiger partial charge in [-0.1, -0.05) is 12.1 Å². The highest BCUT2D eigenvalue weighted by molar-refractivity contribution is 5.77. The SMILES string of the molecule is O=C(Cc1nc2ncccn2n1)NCc1ccc(N2CCCC2)cc1. The molecule has 1 aliphatic heterocycles. The fourth-order valence-corrected chi connectivity index (χ4v) is 3.06. The van der Waals surface area contributed by atoms with Crippen molar-refractivity contribution in [3.63, 3.8) is 0 Å². The van der Waals surface area contributed by atoms with Gasteiger partial charge in [0.05, 0.1) is 6.42 Å². The van der Waals surface area contributed by atoms with Crippen molar-refractivity contribution in [3.8, 4) is 0 Å². The molecule has 25 heavy (non-hydrogen) atoms. The number of hydrogen-bond acceptors (Lipinski definition) is 5. The third-order valence-corrected chi connectivity index (χ3v) is 4.38. The van der Waals surface area contributed by atoms with Crippen LogP contribution in [0.5, 0.6) is 0 Å². The number of rotatable bonds is 5. The molecule has 0 unspecified atom stereocenters. The van der Waals surface area contributed by atoms with Crippen molar-refractivity contribution in [3.05, 3.63) is 54.1 Å². The van der Waals surface area contributed by atoms with Gasteiger partial charge in [0.2, 0.25) is 5.91 Å². The van der Waals surface area contributed by atoms with Crippen molar-refractivity contribution in [2.75, 3.05) is 18.0 Å². The number of fused-ring (bicyclic) bond motifs is 1. The quantitative estimate of drug-likeness (QED) is 0.766. The summed E-state index contributed by atoms with van der Waals surface area (Å²) in [5.74, 6) is 0.878. The zero-order valence-corrected chi connectivity index (χ0v) is 13.9. The number of carbonyl (C=O) groups is 1. The first kappa shape index (κ1) is 15.6. The van der Waals surface area contributed by atoms with Gasteiger partial charge in [-0.3, -0.25) is 4.79 Å². The van der Waals surface area contributed by atoms with Crippen LogP contribution in [0.25, 0.3) is 5.78 Å². The van der Waals surface area contributed by atoms with Gasteiger partial charge < -0.3 is 10.2 Å². The summed E-state index contributed by atoms with van der Waals surface area (Å²) in [6.07, 6.45) is 6.10. The highest BCUT2D eigenvalue weighted by Crippen LogP contribution is 2.20. The number of carbonyl (C=O) groups excluding carboxylic acids is 1. The average Bonchev–Trinajstić information content (AvgIpc) is 3.29. The Labute approximate surface area is 145 Å². The third-order valence-electron chi connectivity index (χ3n) is 4.38. The zero-order chi connectivity index (χ0) is 17.1. The lowest BCUT2D eigenvalue weighted by Crippen LogP contribution is -2.25. The molecule has 0 bridgehead atoms. The largest absolute Gasteiger partial charge is 0.372 e. The van der Waals surface area contributed by atoms with Crippen molar-refractivity contribution in [1.29, 1.82) is 0 Å². The summed E-state index contributed by atoms with van der Waals surface area (Å²) in [5, 5.41) is 7.16. The van der Waals surface area contributed by atoms with Gasteiger partial charge in [-0.15, -0.1) is 5.10 Å². The van der Waals surface area contributed by atoms with E-state index >= 15 is 0 Å². The second kappa shape index (κ2) is 6.88. The number of aromatic nitrogens is 4. The molecule has 4 rings (SSSR count). The molecule has 1 N–H and O–H groups in total. The summed E-state index contributed by atoms with van der Waals surface area (Å²) in [5.41, 5.74) is 2.34. The minimum Gasteiger partial charge on any atom is -0.372 e. The lowest BCUT2D eigenvalue weighted by Gasteiger charge is -2.17. The molecule has 0 atom stereocenters. The fraction of sp³-hybridized carbons (Fsp3) is 0.333. The van der Waals surface area contributed by atoms with Crippen LogP contribution in [-0.2, 0) is 17.8 Å². The van der Waals surface area contributed by atoms with E-state index in [2.05, 4.69) is 49.5 Å². The standard InChI is InChI=1S/C18H20N6O/c25-17(12-16-21-18-19-8-3-11-24(18)22-16)20-13-14-4-6-15(7-5-14)23-9-1-2-10-23/h3-8,11H,1-2,9-10,12-13H2,(H,20,25). The Morgan fingerprint density at radius 1 is 1.16 bits per heavy atom. The van der Waals surface area contributed by atoms with Crippen LogP contribution >= 0.6 is 0 Å². The van der Waals surface area contributed by atoms with E-state index in [0.29, 0.717) is 18.1 Å². The number of nitrogens with zero attached hydrogens (tertiary/aromatic N) is 5. The summed E-state index contributed by atoms with van der Waals surface area (Å²) in [4.78, 5) is 22.8. The maximum atomic E-state index is 12.1. The predicted molar refractivity (Wildman–Crippen MR) is 94.2 cm³/mol. The summed E-state index contributed by atoms with van der Waals surface area (Å²) >= 11 is 0. The maximum Gasteiger partial charge on any atom is 0.252 e. The first-order chi connectivity index (χ1) is 12.3. The number of hydrogen-bond donors (Lipinski definition) is 1. The van der Waals surface area contributed by atoms with Gasteiger partial charge in [0.1, 0.15) is 0 Å². The number of nitrogens with one attached hydrogen (secondary N) is 1. The number of benzene rings is 1. The molecule has 3 aromatic rings. The molecule has 1 aliphatic rings. The smallest absolute Gasteiger partial charge is 0.252 e. The summed E-state index contributed by atoms with van der Waals surface area (Å²) < 4.78 is 1.57. The molecule has 128 valence electrons. The van der Waals surface area contributed by atoms with Gasteiger partial charge in [-0.05, 0) is 36.6 Å². The second-order valence-electron chi connectivity index (χ2n) is 6.21. The average molecular weight is 336 g/mol. The Kier molecular flexibility index (Phi) is 4.28. The molecule has 1 amide bonds. The van der Waals surface area contributed by atoms with E-state index < -0.39 is 0 Å². The number of amides is 1. The van der Waals surface area contributed by atoms with Gasteiger partial charge in [0.15, 0.2) is 5.82 Å². The van der Waals surface area contributed by atoms with Crippen LogP contribution < -0.4 is 10.2 Å². The fourth-order valence-electron chi connectivity index (χ4n) is 3.06. The van der Waals surface area contributed by atoms with Crippen molar-refractivity contribution in [2.24, 2.45) is 0 Å². The highest BCUT2D eigenvalue weighted by Gasteiger charge is 2.12. The van der Waals surface area contributed by atoms with Gasteiger partial charge in [0.25, 0.3) is 5.78 Å². The molecular weight excluding hydrogens is 316 g/mol. The van der Waals surface area contributed by atoms with E-state index in [-0.39, 0.29) is 12.3 Å². The van der Waals surface area contributed by atoms with Crippen LogP contribution in [0, 0.1) is 0 Å². The molecule has 1 fully saturated rings. The Morgan fingerprint density at radius 3 is 2.72 bits per heavy atom. The van der Waals surface area contributed by atoms with Gasteiger partial charge in [-0.25, -0.2) is 9.50 Å². The molecule has 3 heterocycles. The Bertz CT molecular complexity index is 834. The topological polar surface area (TPSA) is 75.4 Å². The lowest BCUT2D eigenvalue weighted by molar-refractivity contribution is -0.120. The highest BCUT2D eigenvalue weighted by atomic mass is 16.1. The molecule has 7 nitrogen and oxygen atoms in total. The minimum atomic E-state index is -0.0977. The molecule has 0 saturated carbocycles. The molecule has 1 aromatic carbocycles. The van der Waals surface area contributed by atoms with Crippen molar-refractivity contribution in [1.82, 2.24) is 24.9 Å². The maximum absolute atomic E-state index is 12.1. The van der Waals surface area contributed by atoms with Crippen molar-refractivity contribution in [2.45, 2.75) is 25.8 Å². The number of anilines is 1. The van der Waals surface area contributed by atoms with Crippen molar-refractivity contribution >= 4 is 17.4 Å². The summed E-state index contributed by atoms with van der Waals surface area (Å²) in [6, 6.07) is 10.2. The second-order valence-corrected chi connectivity index (χ2v) is 6.21. The molecule has 0 aliphatic carbocycles. The normalized spacial score (nSPS) is 14.2. The minimum absolute atomic E-state index is 0.0977. The van der Waals surface area contributed by atoms with E-state index in [1.165, 1.54) is 18.5 Å². The Balaban J connectivity index is 1.32. The summed E-state index contributed by atoms with van der Waals surface area (Å²) in [6.45, 7) is 2.78. The van der Waals surface area contributed by atoms with Crippen LogP contribution in [0.3, 0.4) is 0 Å². The van der Waals surface area contributed by atoms with Crippen LogP contribution in [0.15, 0.2) is 42.7 Å². The zero-order valence-electron chi connectivity index (χ0n) is 13.9. The predicted octanol–water partition coefficient (Wildman–Crippen LogP) is 1.58. The molecule has 0 radical (unpaired) electrons. The van der Waals surface area contributed by atoms with Crippen molar-refractivity contribution < 1.29 is 4.79 Å². The third kappa shape index (κ3) is 3.60. The first-order valence-electron chi connectivity index (χ1n) is 8.55. The van der Waals surface area contributed by atoms with Crippen LogP contribution in [0.1, 0.15) is 24.2 Å². The van der Waals surface area contributed by atoms with Gasteiger partial charge in [-0.2, -0.15) is 4.98 Å². The van der Waals surface area contributed by atoms with E-state index in [4.69, 9.17) is 0 Å². The van der Waals surface area contributed by atoms with E-state index in [0.717, 1.165) is 18.7 Å². The first-order valence-corrected chi connectivity index (χ1v) is 8.55. The molecular formula is C18H20N6O. The molecule has 2 aromatic heterocycles. The molecule has 0 spiro atoms. The summed E-state index contributed by atoms with van der Waals surface area (Å²) in [7, 11) is 0. The monoisotopic (exact) mass is 336 g/mol. The molecule has 1 saturated heterocycles. The Morgan fingerprint density at radius 2 is 1.96 bits per heavy atom. The van der Waals surface area contributed by atoms with Gasteiger partial charge in [0, 0.05) is 37.7 Å². The van der Waals surface area contributed by atoms with E-state index in [1.54, 1.807) is 23.0 Å². The van der Waals surface area contributed by atoms with E-state index in [1.807, 2.05) is 0 Å². The van der Waals surface area contributed by atoms with Crippen LogP contribution in [0.4, 0.5) is 5.69 Å². The Hall–Kier alpha value is -2.96.